The summed E-state index contributed by atoms with van der Waals surface area (Å²) in [7, 11) is 3.68. The van der Waals surface area contributed by atoms with Crippen molar-refractivity contribution < 1.29 is 4.79 Å². The molecule has 1 amide bonds. The minimum absolute atomic E-state index is 0.0496. The number of rotatable bonds is 3. The molecule has 1 N–H and O–H groups in total. The molecule has 0 aliphatic heterocycles. The van der Waals surface area contributed by atoms with Crippen LogP contribution in [-0.4, -0.2) is 20.0 Å². The van der Waals surface area contributed by atoms with Gasteiger partial charge in [0.25, 0.3) is 0 Å². The van der Waals surface area contributed by atoms with E-state index in [9.17, 15) is 4.79 Å². The predicted molar refractivity (Wildman–Crippen MR) is 58.3 cm³/mol. The largest absolute Gasteiger partial charge is 0.316 e. The summed E-state index contributed by atoms with van der Waals surface area (Å²) in [5, 5.41) is 3.08. The second kappa shape index (κ2) is 4.77. The summed E-state index contributed by atoms with van der Waals surface area (Å²) in [5.74, 6) is 0.0496. The van der Waals surface area contributed by atoms with Gasteiger partial charge in [0.05, 0.1) is 0 Å². The zero-order valence-corrected chi connectivity index (χ0v) is 8.87. The zero-order valence-electron chi connectivity index (χ0n) is 8.87. The highest BCUT2D eigenvalue weighted by atomic mass is 16.2. The Morgan fingerprint density at radius 1 is 1.43 bits per heavy atom. The molecule has 1 rings (SSSR count). The standard InChI is InChI=1S/C11H16N2O/c1-9(14)13(3)11-7-5-4-6-10(11)8-12-2/h4-7,12H,8H2,1-3H3. The van der Waals surface area contributed by atoms with Gasteiger partial charge in [-0.05, 0) is 18.7 Å². The predicted octanol–water partition coefficient (Wildman–Crippen LogP) is 1.39. The third-order valence-electron chi connectivity index (χ3n) is 2.19. The Hall–Kier alpha value is -1.35. The normalized spacial score (nSPS) is 9.93. The minimum Gasteiger partial charge on any atom is -0.316 e. The van der Waals surface area contributed by atoms with E-state index in [1.54, 1.807) is 18.9 Å². The quantitative estimate of drug-likeness (QED) is 0.785. The Balaban J connectivity index is 3.00. The molecular weight excluding hydrogens is 176 g/mol. The number of anilines is 1. The fourth-order valence-electron chi connectivity index (χ4n) is 1.35. The molecule has 1 aromatic rings. The van der Waals surface area contributed by atoms with Crippen molar-refractivity contribution in [1.82, 2.24) is 5.32 Å². The average Bonchev–Trinajstić information content (AvgIpc) is 2.18. The van der Waals surface area contributed by atoms with E-state index in [0.29, 0.717) is 0 Å². The van der Waals surface area contributed by atoms with Crippen LogP contribution in [0.25, 0.3) is 0 Å². The molecule has 0 radical (unpaired) electrons. The summed E-state index contributed by atoms with van der Waals surface area (Å²) >= 11 is 0. The molecule has 0 aromatic heterocycles. The third kappa shape index (κ3) is 2.33. The van der Waals surface area contributed by atoms with Crippen LogP contribution >= 0.6 is 0 Å². The van der Waals surface area contributed by atoms with E-state index in [0.717, 1.165) is 17.8 Å². The molecule has 0 aliphatic rings. The number of nitrogens with zero attached hydrogens (tertiary/aromatic N) is 1. The molecule has 3 heteroatoms. The van der Waals surface area contributed by atoms with Crippen molar-refractivity contribution in [3.05, 3.63) is 29.8 Å². The van der Waals surface area contributed by atoms with E-state index < -0.39 is 0 Å². The van der Waals surface area contributed by atoms with Crippen LogP contribution in [0.1, 0.15) is 12.5 Å². The van der Waals surface area contributed by atoms with E-state index in [2.05, 4.69) is 5.32 Å². The summed E-state index contributed by atoms with van der Waals surface area (Å²) in [6.07, 6.45) is 0. The summed E-state index contributed by atoms with van der Waals surface area (Å²) in [5.41, 5.74) is 2.10. The van der Waals surface area contributed by atoms with Gasteiger partial charge in [0, 0.05) is 26.2 Å². The summed E-state index contributed by atoms with van der Waals surface area (Å²) in [6, 6.07) is 7.89. The molecule has 0 spiro atoms. The summed E-state index contributed by atoms with van der Waals surface area (Å²) < 4.78 is 0. The van der Waals surface area contributed by atoms with E-state index in [4.69, 9.17) is 0 Å². The van der Waals surface area contributed by atoms with Gasteiger partial charge in [0.15, 0.2) is 0 Å². The van der Waals surface area contributed by atoms with E-state index in [-0.39, 0.29) is 5.91 Å². The van der Waals surface area contributed by atoms with E-state index >= 15 is 0 Å². The van der Waals surface area contributed by atoms with Gasteiger partial charge in [0.1, 0.15) is 0 Å². The molecule has 0 bridgehead atoms. The Labute approximate surface area is 84.7 Å². The molecule has 76 valence electrons. The number of carbonyl (C=O) groups excluding carboxylic acids is 1. The summed E-state index contributed by atoms with van der Waals surface area (Å²) in [6.45, 7) is 2.34. The highest BCUT2D eigenvalue weighted by molar-refractivity contribution is 5.91. The maximum absolute atomic E-state index is 11.2. The molecule has 0 aliphatic carbocycles. The van der Waals surface area contributed by atoms with Crippen LogP contribution in [0.15, 0.2) is 24.3 Å². The van der Waals surface area contributed by atoms with Crippen molar-refractivity contribution in [3.8, 4) is 0 Å². The Bertz CT molecular complexity index is 323. The van der Waals surface area contributed by atoms with Crippen LogP contribution in [0.5, 0.6) is 0 Å². The van der Waals surface area contributed by atoms with Crippen LogP contribution in [0, 0.1) is 0 Å². The lowest BCUT2D eigenvalue weighted by molar-refractivity contribution is -0.116. The highest BCUT2D eigenvalue weighted by Gasteiger charge is 2.08. The monoisotopic (exact) mass is 192 g/mol. The zero-order chi connectivity index (χ0) is 10.6. The second-order valence-electron chi connectivity index (χ2n) is 3.24. The van der Waals surface area contributed by atoms with Gasteiger partial charge in [0.2, 0.25) is 5.91 Å². The fourth-order valence-corrected chi connectivity index (χ4v) is 1.35. The Kier molecular flexibility index (Phi) is 3.65. The molecule has 0 heterocycles. The van der Waals surface area contributed by atoms with Crippen molar-refractivity contribution in [1.29, 1.82) is 0 Å². The lowest BCUT2D eigenvalue weighted by Crippen LogP contribution is -2.24. The average molecular weight is 192 g/mol. The maximum Gasteiger partial charge on any atom is 0.223 e. The molecule has 3 nitrogen and oxygen atoms in total. The summed E-state index contributed by atoms with van der Waals surface area (Å²) in [4.78, 5) is 12.9. The number of hydrogen-bond donors (Lipinski definition) is 1. The second-order valence-corrected chi connectivity index (χ2v) is 3.24. The SMILES string of the molecule is CNCc1ccccc1N(C)C(C)=O. The molecule has 0 fully saturated rings. The van der Waals surface area contributed by atoms with Gasteiger partial charge in [-0.1, -0.05) is 18.2 Å². The molecule has 0 atom stereocenters. The first-order chi connectivity index (χ1) is 6.66. The number of para-hydroxylation sites is 1. The highest BCUT2D eigenvalue weighted by Crippen LogP contribution is 2.18. The number of carbonyl (C=O) groups is 1. The van der Waals surface area contributed by atoms with Crippen LogP contribution in [0.2, 0.25) is 0 Å². The van der Waals surface area contributed by atoms with Crippen LogP contribution in [-0.2, 0) is 11.3 Å². The third-order valence-corrected chi connectivity index (χ3v) is 2.19. The van der Waals surface area contributed by atoms with Gasteiger partial charge >= 0.3 is 0 Å². The topological polar surface area (TPSA) is 32.3 Å². The number of hydrogen-bond acceptors (Lipinski definition) is 2. The van der Waals surface area contributed by atoms with Gasteiger partial charge in [-0.15, -0.1) is 0 Å². The molecule has 14 heavy (non-hydrogen) atoms. The van der Waals surface area contributed by atoms with Crippen molar-refractivity contribution >= 4 is 11.6 Å². The first-order valence-corrected chi connectivity index (χ1v) is 4.63. The minimum atomic E-state index is 0.0496. The Morgan fingerprint density at radius 2 is 2.07 bits per heavy atom. The lowest BCUT2D eigenvalue weighted by Gasteiger charge is -2.18. The van der Waals surface area contributed by atoms with Gasteiger partial charge in [-0.3, -0.25) is 4.79 Å². The van der Waals surface area contributed by atoms with Gasteiger partial charge in [-0.25, -0.2) is 0 Å². The number of amides is 1. The first-order valence-electron chi connectivity index (χ1n) is 4.63. The Morgan fingerprint density at radius 3 is 2.64 bits per heavy atom. The van der Waals surface area contributed by atoms with Crippen molar-refractivity contribution in [2.75, 3.05) is 19.0 Å². The molecule has 1 aromatic carbocycles. The van der Waals surface area contributed by atoms with E-state index in [1.165, 1.54) is 0 Å². The van der Waals surface area contributed by atoms with Crippen LogP contribution in [0.3, 0.4) is 0 Å². The number of nitrogens with one attached hydrogen (secondary N) is 1. The molecular formula is C11H16N2O. The maximum atomic E-state index is 11.2. The van der Waals surface area contributed by atoms with Crippen molar-refractivity contribution in [3.63, 3.8) is 0 Å². The van der Waals surface area contributed by atoms with Gasteiger partial charge < -0.3 is 10.2 Å². The van der Waals surface area contributed by atoms with Crippen LogP contribution in [0.4, 0.5) is 5.69 Å². The van der Waals surface area contributed by atoms with Crippen molar-refractivity contribution in [2.24, 2.45) is 0 Å². The van der Waals surface area contributed by atoms with E-state index in [1.807, 2.05) is 31.3 Å². The number of benzene rings is 1. The smallest absolute Gasteiger partial charge is 0.223 e. The van der Waals surface area contributed by atoms with Crippen molar-refractivity contribution in [2.45, 2.75) is 13.5 Å². The molecule has 0 unspecified atom stereocenters. The van der Waals surface area contributed by atoms with Crippen LogP contribution < -0.4 is 10.2 Å². The lowest BCUT2D eigenvalue weighted by atomic mass is 10.1. The fraction of sp³-hybridized carbons (Fsp3) is 0.364. The first kappa shape index (κ1) is 10.7. The van der Waals surface area contributed by atoms with Gasteiger partial charge in [-0.2, -0.15) is 0 Å². The molecule has 0 saturated carbocycles. The molecule has 0 saturated heterocycles.